The van der Waals surface area contributed by atoms with Crippen LogP contribution in [0.15, 0.2) is 24.3 Å². The van der Waals surface area contributed by atoms with Crippen molar-refractivity contribution in [2.75, 3.05) is 31.1 Å². The summed E-state index contributed by atoms with van der Waals surface area (Å²) in [4.78, 5) is 5.25. The fraction of sp³-hybridized carbons (Fsp3) is 0.647. The highest BCUT2D eigenvalue weighted by molar-refractivity contribution is 5.54. The Morgan fingerprint density at radius 1 is 1.25 bits per heavy atom. The van der Waals surface area contributed by atoms with Gasteiger partial charge in [-0.1, -0.05) is 25.1 Å². The monoisotopic (exact) mass is 273 g/mol. The Kier molecular flexibility index (Phi) is 4.27. The molecule has 3 heteroatoms. The van der Waals surface area contributed by atoms with Gasteiger partial charge in [-0.3, -0.25) is 4.90 Å². The Balaban J connectivity index is 1.76. The Morgan fingerprint density at radius 2 is 2.10 bits per heavy atom. The van der Waals surface area contributed by atoms with Gasteiger partial charge >= 0.3 is 0 Å². The number of fused-ring (bicyclic) bond motifs is 1. The molecule has 0 bridgehead atoms. The van der Waals surface area contributed by atoms with Gasteiger partial charge in [-0.15, -0.1) is 0 Å². The van der Waals surface area contributed by atoms with Gasteiger partial charge in [0.15, 0.2) is 0 Å². The van der Waals surface area contributed by atoms with Crippen molar-refractivity contribution in [2.45, 2.75) is 44.7 Å². The minimum Gasteiger partial charge on any atom is -0.368 e. The maximum Gasteiger partial charge on any atom is 0.0400 e. The quantitative estimate of drug-likeness (QED) is 0.913. The zero-order valence-corrected chi connectivity index (χ0v) is 12.6. The standard InChI is InChI=1S/C17H27N3/c1-2-15(18)12-14-6-3-4-8-17(14)20-11-10-19-9-5-7-16(19)13-20/h3-4,6,8,15-16H,2,5,7,9-13,18H2,1H3. The zero-order valence-electron chi connectivity index (χ0n) is 12.6. The Labute approximate surface area is 122 Å². The Hall–Kier alpha value is -1.06. The molecule has 2 heterocycles. The average molecular weight is 273 g/mol. The van der Waals surface area contributed by atoms with E-state index in [9.17, 15) is 0 Å². The minimum absolute atomic E-state index is 0.281. The fourth-order valence-electron chi connectivity index (χ4n) is 3.63. The summed E-state index contributed by atoms with van der Waals surface area (Å²) < 4.78 is 0. The Morgan fingerprint density at radius 3 is 2.95 bits per heavy atom. The maximum atomic E-state index is 6.16. The predicted molar refractivity (Wildman–Crippen MR) is 85.2 cm³/mol. The molecule has 2 N–H and O–H groups in total. The SMILES string of the molecule is CCC(N)Cc1ccccc1N1CCN2CCCC2C1. The molecule has 2 aliphatic rings. The molecule has 110 valence electrons. The molecule has 2 saturated heterocycles. The topological polar surface area (TPSA) is 32.5 Å². The molecule has 2 atom stereocenters. The summed E-state index contributed by atoms with van der Waals surface area (Å²) in [7, 11) is 0. The van der Waals surface area contributed by atoms with Crippen molar-refractivity contribution in [1.82, 2.24) is 4.90 Å². The number of piperazine rings is 1. The van der Waals surface area contributed by atoms with Crippen molar-refractivity contribution >= 4 is 5.69 Å². The van der Waals surface area contributed by atoms with Gasteiger partial charge in [-0.05, 0) is 43.9 Å². The first-order valence-electron chi connectivity index (χ1n) is 8.10. The molecule has 0 amide bonds. The second-order valence-corrected chi connectivity index (χ2v) is 6.28. The van der Waals surface area contributed by atoms with Crippen molar-refractivity contribution in [3.63, 3.8) is 0 Å². The minimum atomic E-state index is 0.281. The molecule has 0 aromatic heterocycles. The van der Waals surface area contributed by atoms with E-state index in [0.717, 1.165) is 25.4 Å². The molecule has 1 aromatic rings. The summed E-state index contributed by atoms with van der Waals surface area (Å²) in [5.74, 6) is 0. The van der Waals surface area contributed by atoms with E-state index in [-0.39, 0.29) is 6.04 Å². The van der Waals surface area contributed by atoms with E-state index in [4.69, 9.17) is 5.73 Å². The predicted octanol–water partition coefficient (Wildman–Crippen LogP) is 2.25. The number of nitrogens with two attached hydrogens (primary N) is 1. The Bertz CT molecular complexity index is 446. The summed E-state index contributed by atoms with van der Waals surface area (Å²) >= 11 is 0. The number of para-hydroxylation sites is 1. The molecule has 2 aliphatic heterocycles. The highest BCUT2D eigenvalue weighted by Gasteiger charge is 2.31. The molecule has 0 radical (unpaired) electrons. The lowest BCUT2D eigenvalue weighted by molar-refractivity contribution is 0.231. The first-order chi connectivity index (χ1) is 9.78. The van der Waals surface area contributed by atoms with E-state index >= 15 is 0 Å². The second kappa shape index (κ2) is 6.15. The summed E-state index contributed by atoms with van der Waals surface area (Å²) in [5, 5.41) is 0. The van der Waals surface area contributed by atoms with E-state index < -0.39 is 0 Å². The third kappa shape index (κ3) is 2.84. The van der Waals surface area contributed by atoms with Gasteiger partial charge in [0.25, 0.3) is 0 Å². The van der Waals surface area contributed by atoms with Crippen LogP contribution in [0, 0.1) is 0 Å². The lowest BCUT2D eigenvalue weighted by atomic mass is 10.0. The van der Waals surface area contributed by atoms with Crippen LogP contribution >= 0.6 is 0 Å². The third-order valence-corrected chi connectivity index (χ3v) is 4.93. The van der Waals surface area contributed by atoms with E-state index in [2.05, 4.69) is 41.0 Å². The molecule has 0 aliphatic carbocycles. The number of anilines is 1. The smallest absolute Gasteiger partial charge is 0.0400 e. The van der Waals surface area contributed by atoms with Gasteiger partial charge in [0.05, 0.1) is 0 Å². The van der Waals surface area contributed by atoms with Gasteiger partial charge < -0.3 is 10.6 Å². The van der Waals surface area contributed by atoms with Crippen LogP contribution in [0.5, 0.6) is 0 Å². The molecule has 2 fully saturated rings. The fourth-order valence-corrected chi connectivity index (χ4v) is 3.63. The molecular formula is C17H27N3. The maximum absolute atomic E-state index is 6.16. The molecule has 0 saturated carbocycles. The van der Waals surface area contributed by atoms with Crippen molar-refractivity contribution < 1.29 is 0 Å². The van der Waals surface area contributed by atoms with Gasteiger partial charge in [-0.2, -0.15) is 0 Å². The summed E-state index contributed by atoms with van der Waals surface area (Å²) in [6, 6.07) is 9.90. The van der Waals surface area contributed by atoms with Crippen LogP contribution in [0.2, 0.25) is 0 Å². The van der Waals surface area contributed by atoms with E-state index in [0.29, 0.717) is 0 Å². The third-order valence-electron chi connectivity index (χ3n) is 4.93. The molecule has 3 nitrogen and oxygen atoms in total. The largest absolute Gasteiger partial charge is 0.368 e. The van der Waals surface area contributed by atoms with Crippen LogP contribution in [-0.2, 0) is 6.42 Å². The zero-order chi connectivity index (χ0) is 13.9. The number of hydrogen-bond donors (Lipinski definition) is 1. The number of rotatable bonds is 4. The molecule has 3 rings (SSSR count). The van der Waals surface area contributed by atoms with Crippen LogP contribution < -0.4 is 10.6 Å². The second-order valence-electron chi connectivity index (χ2n) is 6.28. The lowest BCUT2D eigenvalue weighted by Gasteiger charge is -2.39. The molecule has 20 heavy (non-hydrogen) atoms. The molecular weight excluding hydrogens is 246 g/mol. The number of benzene rings is 1. The number of hydrogen-bond acceptors (Lipinski definition) is 3. The van der Waals surface area contributed by atoms with Crippen LogP contribution in [0.4, 0.5) is 5.69 Å². The van der Waals surface area contributed by atoms with Crippen LogP contribution in [-0.4, -0.2) is 43.2 Å². The van der Waals surface area contributed by atoms with Crippen molar-refractivity contribution in [2.24, 2.45) is 5.73 Å². The molecule has 2 unspecified atom stereocenters. The van der Waals surface area contributed by atoms with Crippen molar-refractivity contribution in [3.8, 4) is 0 Å². The molecule has 0 spiro atoms. The van der Waals surface area contributed by atoms with Gasteiger partial charge in [0, 0.05) is 37.4 Å². The highest BCUT2D eigenvalue weighted by atomic mass is 15.3. The van der Waals surface area contributed by atoms with E-state index in [1.54, 1.807) is 0 Å². The lowest BCUT2D eigenvalue weighted by Crippen LogP contribution is -2.50. The highest BCUT2D eigenvalue weighted by Crippen LogP contribution is 2.28. The van der Waals surface area contributed by atoms with Gasteiger partial charge in [0.1, 0.15) is 0 Å². The first kappa shape index (κ1) is 13.9. The van der Waals surface area contributed by atoms with E-state index in [1.807, 2.05) is 0 Å². The van der Waals surface area contributed by atoms with Crippen LogP contribution in [0.25, 0.3) is 0 Å². The van der Waals surface area contributed by atoms with E-state index in [1.165, 1.54) is 43.7 Å². The van der Waals surface area contributed by atoms with Gasteiger partial charge in [-0.25, -0.2) is 0 Å². The van der Waals surface area contributed by atoms with Crippen molar-refractivity contribution in [1.29, 1.82) is 0 Å². The van der Waals surface area contributed by atoms with Crippen LogP contribution in [0.3, 0.4) is 0 Å². The number of nitrogens with zero attached hydrogens (tertiary/aromatic N) is 2. The summed E-state index contributed by atoms with van der Waals surface area (Å²) in [6.07, 6.45) is 4.79. The van der Waals surface area contributed by atoms with Crippen LogP contribution in [0.1, 0.15) is 31.7 Å². The van der Waals surface area contributed by atoms with Gasteiger partial charge in [0.2, 0.25) is 0 Å². The normalized spacial score (nSPS) is 24.7. The average Bonchev–Trinajstić information content (AvgIpc) is 2.95. The van der Waals surface area contributed by atoms with Crippen molar-refractivity contribution in [3.05, 3.63) is 29.8 Å². The molecule has 1 aromatic carbocycles. The summed E-state index contributed by atoms with van der Waals surface area (Å²) in [6.45, 7) is 7.05. The summed E-state index contributed by atoms with van der Waals surface area (Å²) in [5.41, 5.74) is 9.01. The first-order valence-corrected chi connectivity index (χ1v) is 8.10.